The molecule has 0 radical (unpaired) electrons. The van der Waals surface area contributed by atoms with Crippen molar-refractivity contribution in [3.8, 4) is 0 Å². The molecule has 0 aliphatic carbocycles. The molecule has 1 unspecified atom stereocenters. The fourth-order valence-electron chi connectivity index (χ4n) is 3.18. The maximum atomic E-state index is 12.4. The maximum Gasteiger partial charge on any atom is 0.410 e. The van der Waals surface area contributed by atoms with Crippen LogP contribution in [-0.2, 0) is 4.74 Å². The second kappa shape index (κ2) is 6.90. The van der Waals surface area contributed by atoms with Gasteiger partial charge in [0.2, 0.25) is 0 Å². The maximum absolute atomic E-state index is 12.4. The molecule has 2 amide bonds. The quantitative estimate of drug-likeness (QED) is 0.801. The Hall–Kier alpha value is -2.09. The molecule has 1 aromatic carbocycles. The third-order valence-corrected chi connectivity index (χ3v) is 5.12. The Morgan fingerprint density at radius 1 is 1.35 bits per heavy atom. The molecular formula is C18H23BrN4O3. The Morgan fingerprint density at radius 2 is 2.08 bits per heavy atom. The second-order valence-corrected chi connectivity index (χ2v) is 8.27. The van der Waals surface area contributed by atoms with Crippen LogP contribution in [0.2, 0.25) is 0 Å². The molecular weight excluding hydrogens is 400 g/mol. The smallest absolute Gasteiger partial charge is 0.410 e. The lowest BCUT2D eigenvalue weighted by Crippen LogP contribution is -2.43. The number of rotatable bonds is 2. The molecule has 2 N–H and O–H groups in total. The highest BCUT2D eigenvalue weighted by Gasteiger charge is 2.30. The SMILES string of the molecule is CC(C)(C)OC(=O)N1CCCC(n2nc3c(C(N)=O)cccc3c2Br)C1. The van der Waals surface area contributed by atoms with Crippen LogP contribution in [0.5, 0.6) is 0 Å². The van der Waals surface area contributed by atoms with Crippen molar-refractivity contribution >= 4 is 38.8 Å². The zero-order chi connectivity index (χ0) is 19.1. The van der Waals surface area contributed by atoms with Crippen LogP contribution in [0, 0.1) is 0 Å². The summed E-state index contributed by atoms with van der Waals surface area (Å²) < 4.78 is 8.11. The molecule has 1 aliphatic heterocycles. The van der Waals surface area contributed by atoms with Gasteiger partial charge < -0.3 is 15.4 Å². The van der Waals surface area contributed by atoms with Gasteiger partial charge in [-0.05, 0) is 61.7 Å². The van der Waals surface area contributed by atoms with Crippen LogP contribution in [-0.4, -0.2) is 45.4 Å². The number of carbonyl (C=O) groups is 2. The Balaban J connectivity index is 1.89. The first-order chi connectivity index (χ1) is 12.2. The van der Waals surface area contributed by atoms with Gasteiger partial charge in [-0.15, -0.1) is 0 Å². The molecule has 0 saturated carbocycles. The Bertz CT molecular complexity index is 856. The van der Waals surface area contributed by atoms with Crippen molar-refractivity contribution in [3.63, 3.8) is 0 Å². The summed E-state index contributed by atoms with van der Waals surface area (Å²) in [7, 11) is 0. The largest absolute Gasteiger partial charge is 0.444 e. The molecule has 0 bridgehead atoms. The minimum atomic E-state index is -0.526. The zero-order valence-corrected chi connectivity index (χ0v) is 16.7. The van der Waals surface area contributed by atoms with Crippen LogP contribution in [0.4, 0.5) is 4.79 Å². The number of hydrogen-bond acceptors (Lipinski definition) is 4. The van der Waals surface area contributed by atoms with Crippen LogP contribution in [0.3, 0.4) is 0 Å². The minimum absolute atomic E-state index is 0.00114. The lowest BCUT2D eigenvalue weighted by atomic mass is 10.1. The van der Waals surface area contributed by atoms with Crippen molar-refractivity contribution in [1.29, 1.82) is 0 Å². The number of nitrogens with zero attached hydrogens (tertiary/aromatic N) is 3. The Labute approximate surface area is 160 Å². The number of halogens is 1. The number of carbonyl (C=O) groups excluding carboxylic acids is 2. The fourth-order valence-corrected chi connectivity index (χ4v) is 3.87. The first-order valence-corrected chi connectivity index (χ1v) is 9.41. The molecule has 7 nitrogen and oxygen atoms in total. The van der Waals surface area contributed by atoms with Gasteiger partial charge in [-0.3, -0.25) is 9.48 Å². The van der Waals surface area contributed by atoms with Gasteiger partial charge in [0.1, 0.15) is 15.7 Å². The van der Waals surface area contributed by atoms with Crippen molar-refractivity contribution < 1.29 is 14.3 Å². The standard InChI is InChI=1S/C18H23BrN4O3/c1-18(2,3)26-17(25)22-9-5-6-11(10-22)23-15(19)12-7-4-8-13(16(20)24)14(12)21-23/h4,7-8,11H,5-6,9-10H2,1-3H3,(H2,20,24). The summed E-state index contributed by atoms with van der Waals surface area (Å²) in [4.78, 5) is 25.8. The van der Waals surface area contributed by atoms with Gasteiger partial charge in [-0.1, -0.05) is 6.07 Å². The van der Waals surface area contributed by atoms with Crippen LogP contribution >= 0.6 is 15.9 Å². The third-order valence-electron chi connectivity index (χ3n) is 4.33. The predicted octanol–water partition coefficient (Wildman–Crippen LogP) is 3.47. The second-order valence-electron chi connectivity index (χ2n) is 7.52. The zero-order valence-electron chi connectivity index (χ0n) is 15.2. The number of hydrogen-bond donors (Lipinski definition) is 1. The number of piperidine rings is 1. The summed E-state index contributed by atoms with van der Waals surface area (Å²) in [5, 5.41) is 5.45. The molecule has 3 rings (SSSR count). The summed E-state index contributed by atoms with van der Waals surface area (Å²) in [6, 6.07) is 5.35. The first kappa shape index (κ1) is 18.7. The molecule has 0 spiro atoms. The van der Waals surface area contributed by atoms with E-state index in [1.54, 1.807) is 17.0 Å². The van der Waals surface area contributed by atoms with E-state index in [-0.39, 0.29) is 12.1 Å². The minimum Gasteiger partial charge on any atom is -0.444 e. The van der Waals surface area contributed by atoms with E-state index in [0.717, 1.165) is 22.8 Å². The van der Waals surface area contributed by atoms with Gasteiger partial charge in [0, 0.05) is 18.5 Å². The number of likely N-dealkylation sites (tertiary alicyclic amines) is 1. The summed E-state index contributed by atoms with van der Waals surface area (Å²) in [6.45, 7) is 6.74. The molecule has 1 saturated heterocycles. The van der Waals surface area contributed by atoms with Crippen molar-refractivity contribution in [2.75, 3.05) is 13.1 Å². The lowest BCUT2D eigenvalue weighted by Gasteiger charge is -2.34. The van der Waals surface area contributed by atoms with E-state index >= 15 is 0 Å². The molecule has 8 heteroatoms. The molecule has 140 valence electrons. The van der Waals surface area contributed by atoms with E-state index < -0.39 is 11.5 Å². The molecule has 1 aromatic heterocycles. The van der Waals surface area contributed by atoms with E-state index in [4.69, 9.17) is 10.5 Å². The number of nitrogens with two attached hydrogens (primary N) is 1. The molecule has 1 aliphatic rings. The van der Waals surface area contributed by atoms with Crippen LogP contribution < -0.4 is 5.73 Å². The van der Waals surface area contributed by atoms with Gasteiger partial charge in [-0.25, -0.2) is 4.79 Å². The highest BCUT2D eigenvalue weighted by Crippen LogP contribution is 2.32. The van der Waals surface area contributed by atoms with Gasteiger partial charge >= 0.3 is 6.09 Å². The van der Waals surface area contributed by atoms with Crippen molar-refractivity contribution in [2.24, 2.45) is 5.73 Å². The van der Waals surface area contributed by atoms with Gasteiger partial charge in [0.15, 0.2) is 0 Å². The molecule has 2 heterocycles. The summed E-state index contributed by atoms with van der Waals surface area (Å²) >= 11 is 3.59. The summed E-state index contributed by atoms with van der Waals surface area (Å²) in [5.41, 5.74) is 5.90. The van der Waals surface area contributed by atoms with E-state index in [9.17, 15) is 9.59 Å². The fraction of sp³-hybridized carbons (Fsp3) is 0.500. The number of fused-ring (bicyclic) bond motifs is 1. The van der Waals surface area contributed by atoms with E-state index in [1.165, 1.54) is 0 Å². The molecule has 2 aromatic rings. The van der Waals surface area contributed by atoms with Gasteiger partial charge in [0.25, 0.3) is 5.91 Å². The Kier molecular flexibility index (Phi) is 4.96. The average Bonchev–Trinajstić information content (AvgIpc) is 2.90. The molecule has 1 atom stereocenters. The monoisotopic (exact) mass is 422 g/mol. The van der Waals surface area contributed by atoms with E-state index in [2.05, 4.69) is 21.0 Å². The van der Waals surface area contributed by atoms with Crippen molar-refractivity contribution in [1.82, 2.24) is 14.7 Å². The summed E-state index contributed by atoms with van der Waals surface area (Å²) in [5.74, 6) is -0.508. The predicted molar refractivity (Wildman–Crippen MR) is 102 cm³/mol. The molecule has 1 fully saturated rings. The topological polar surface area (TPSA) is 90.4 Å². The van der Waals surface area contributed by atoms with Crippen molar-refractivity contribution in [3.05, 3.63) is 28.4 Å². The highest BCUT2D eigenvalue weighted by atomic mass is 79.9. The number of primary amides is 1. The number of benzene rings is 1. The van der Waals surface area contributed by atoms with Gasteiger partial charge in [-0.2, -0.15) is 5.10 Å². The number of amides is 2. The van der Waals surface area contributed by atoms with E-state index in [0.29, 0.717) is 24.2 Å². The number of ether oxygens (including phenoxy) is 1. The highest BCUT2D eigenvalue weighted by molar-refractivity contribution is 9.10. The van der Waals surface area contributed by atoms with Crippen molar-refractivity contribution in [2.45, 2.75) is 45.3 Å². The summed E-state index contributed by atoms with van der Waals surface area (Å²) in [6.07, 6.45) is 1.43. The normalized spacial score (nSPS) is 18.2. The molecule has 26 heavy (non-hydrogen) atoms. The average molecular weight is 423 g/mol. The van der Waals surface area contributed by atoms with Crippen LogP contribution in [0.15, 0.2) is 22.8 Å². The van der Waals surface area contributed by atoms with E-state index in [1.807, 2.05) is 31.5 Å². The Morgan fingerprint density at radius 3 is 2.73 bits per heavy atom. The lowest BCUT2D eigenvalue weighted by molar-refractivity contribution is 0.0166. The third kappa shape index (κ3) is 3.70. The number of aromatic nitrogens is 2. The van der Waals surface area contributed by atoms with Crippen LogP contribution in [0.25, 0.3) is 10.9 Å². The van der Waals surface area contributed by atoms with Crippen LogP contribution in [0.1, 0.15) is 50.0 Å². The first-order valence-electron chi connectivity index (χ1n) is 8.62. The van der Waals surface area contributed by atoms with Gasteiger partial charge in [0.05, 0.1) is 11.6 Å².